The zero-order valence-corrected chi connectivity index (χ0v) is 13.3. The molecule has 0 bridgehead atoms. The van der Waals surface area contributed by atoms with Gasteiger partial charge in [-0.3, -0.25) is 20.2 Å². The highest BCUT2D eigenvalue weighted by Gasteiger charge is 2.35. The number of rotatable bonds is 4. The van der Waals surface area contributed by atoms with E-state index in [-0.39, 0.29) is 21.7 Å². The number of nitro groups is 2. The molecule has 0 spiro atoms. The highest BCUT2D eigenvalue weighted by atomic mass is 16.6. The maximum atomic E-state index is 11.3. The topological polar surface area (TPSA) is 86.3 Å². The van der Waals surface area contributed by atoms with Crippen LogP contribution in [0.2, 0.25) is 0 Å². The van der Waals surface area contributed by atoms with Gasteiger partial charge in [0.2, 0.25) is 12.1 Å². The Bertz CT molecular complexity index is 622. The quantitative estimate of drug-likeness (QED) is 0.477. The third kappa shape index (κ3) is 3.22. The Balaban J connectivity index is 1.82. The third-order valence-electron chi connectivity index (χ3n) is 5.13. The first-order valence-electron chi connectivity index (χ1n) is 8.24. The molecule has 0 saturated heterocycles. The first-order chi connectivity index (χ1) is 11.6. The molecular formula is C18H20N2O4. The molecule has 1 aromatic rings. The van der Waals surface area contributed by atoms with Crippen molar-refractivity contribution in [2.45, 2.75) is 49.6 Å². The summed E-state index contributed by atoms with van der Waals surface area (Å²) < 4.78 is 0. The molecule has 2 aliphatic carbocycles. The Kier molecular flexibility index (Phi) is 4.74. The summed E-state index contributed by atoms with van der Waals surface area (Å²) in [5.41, 5.74) is 1.88. The van der Waals surface area contributed by atoms with Crippen LogP contribution in [0.5, 0.6) is 0 Å². The zero-order valence-electron chi connectivity index (χ0n) is 13.3. The minimum atomic E-state index is -0.593. The van der Waals surface area contributed by atoms with Gasteiger partial charge in [0.1, 0.15) is 0 Å². The van der Waals surface area contributed by atoms with E-state index in [1.807, 2.05) is 48.6 Å². The van der Waals surface area contributed by atoms with E-state index in [1.54, 1.807) is 0 Å². The summed E-state index contributed by atoms with van der Waals surface area (Å²) in [4.78, 5) is 22.1. The van der Waals surface area contributed by atoms with E-state index >= 15 is 0 Å². The van der Waals surface area contributed by atoms with Crippen molar-refractivity contribution in [2.24, 2.45) is 0 Å². The molecule has 6 heteroatoms. The standard InChI is InChI=1S/C18H20N2O4/c21-19(22)17-7-3-1-5-15(17)13-9-11-14(12-10-13)16-6-2-4-8-18(16)20(23)24/h1-4,9-12,15-18H,5-8H2. The maximum Gasteiger partial charge on any atom is 0.223 e. The van der Waals surface area contributed by atoms with Crippen LogP contribution in [-0.2, 0) is 0 Å². The minimum Gasteiger partial charge on any atom is -0.264 e. The van der Waals surface area contributed by atoms with Crippen LogP contribution in [0.3, 0.4) is 0 Å². The Morgan fingerprint density at radius 3 is 1.33 bits per heavy atom. The van der Waals surface area contributed by atoms with Gasteiger partial charge in [0, 0.05) is 22.7 Å². The van der Waals surface area contributed by atoms with Gasteiger partial charge in [0.25, 0.3) is 0 Å². The Morgan fingerprint density at radius 1 is 0.667 bits per heavy atom. The molecule has 0 aromatic heterocycles. The molecular weight excluding hydrogens is 308 g/mol. The smallest absolute Gasteiger partial charge is 0.223 e. The van der Waals surface area contributed by atoms with E-state index in [0.717, 1.165) is 11.1 Å². The van der Waals surface area contributed by atoms with Crippen LogP contribution < -0.4 is 0 Å². The molecule has 1 aromatic carbocycles. The summed E-state index contributed by atoms with van der Waals surface area (Å²) in [6.07, 6.45) is 9.96. The van der Waals surface area contributed by atoms with Crippen molar-refractivity contribution in [3.8, 4) is 0 Å². The average Bonchev–Trinajstić information content (AvgIpc) is 2.62. The van der Waals surface area contributed by atoms with E-state index in [2.05, 4.69) is 0 Å². The molecule has 0 aliphatic heterocycles. The van der Waals surface area contributed by atoms with E-state index in [1.165, 1.54) is 0 Å². The average molecular weight is 328 g/mol. The Hall–Kier alpha value is -2.50. The van der Waals surface area contributed by atoms with Crippen LogP contribution in [0.4, 0.5) is 0 Å². The van der Waals surface area contributed by atoms with Crippen molar-refractivity contribution >= 4 is 0 Å². The van der Waals surface area contributed by atoms with Gasteiger partial charge in [-0.05, 0) is 24.0 Å². The second kappa shape index (κ2) is 6.95. The summed E-state index contributed by atoms with van der Waals surface area (Å²) in [7, 11) is 0. The van der Waals surface area contributed by atoms with Crippen LogP contribution in [0.1, 0.15) is 48.6 Å². The predicted molar refractivity (Wildman–Crippen MR) is 90.2 cm³/mol. The molecule has 4 unspecified atom stereocenters. The lowest BCUT2D eigenvalue weighted by Crippen LogP contribution is -2.29. The molecule has 0 amide bonds. The van der Waals surface area contributed by atoms with Gasteiger partial charge in [-0.25, -0.2) is 0 Å². The third-order valence-corrected chi connectivity index (χ3v) is 5.13. The van der Waals surface area contributed by atoms with Crippen LogP contribution in [0.25, 0.3) is 0 Å². The summed E-state index contributed by atoms with van der Waals surface area (Å²) >= 11 is 0. The van der Waals surface area contributed by atoms with Gasteiger partial charge < -0.3 is 0 Å². The van der Waals surface area contributed by atoms with Gasteiger partial charge in [0.05, 0.1) is 11.8 Å². The van der Waals surface area contributed by atoms with Gasteiger partial charge in [-0.15, -0.1) is 0 Å². The lowest BCUT2D eigenvalue weighted by molar-refractivity contribution is -0.526. The normalized spacial score (nSPS) is 29.3. The van der Waals surface area contributed by atoms with Gasteiger partial charge >= 0.3 is 0 Å². The van der Waals surface area contributed by atoms with Crippen molar-refractivity contribution in [3.05, 3.63) is 79.9 Å². The fourth-order valence-electron chi connectivity index (χ4n) is 3.77. The number of nitrogens with zero attached hydrogens (tertiary/aromatic N) is 2. The summed E-state index contributed by atoms with van der Waals surface area (Å²) in [5, 5.41) is 22.5. The van der Waals surface area contributed by atoms with Gasteiger partial charge in [-0.1, -0.05) is 48.6 Å². The number of allylic oxidation sites excluding steroid dienone is 2. The molecule has 3 rings (SSSR count). The summed E-state index contributed by atoms with van der Waals surface area (Å²) in [5.74, 6) is -0.256. The fraction of sp³-hybridized carbons (Fsp3) is 0.444. The SMILES string of the molecule is O=[N+]([O-])C1CC=CCC1c1ccc(C2CC=CCC2[N+](=O)[O-])cc1. The first-order valence-corrected chi connectivity index (χ1v) is 8.24. The predicted octanol–water partition coefficient (Wildman–Crippen LogP) is 3.84. The monoisotopic (exact) mass is 328 g/mol. The van der Waals surface area contributed by atoms with Gasteiger partial charge in [0.15, 0.2) is 0 Å². The zero-order chi connectivity index (χ0) is 17.1. The van der Waals surface area contributed by atoms with Crippen LogP contribution in [0, 0.1) is 20.2 Å². The second-order valence-corrected chi connectivity index (χ2v) is 6.47. The maximum absolute atomic E-state index is 11.3. The molecule has 24 heavy (non-hydrogen) atoms. The van der Waals surface area contributed by atoms with Crippen molar-refractivity contribution in [2.75, 3.05) is 0 Å². The molecule has 0 N–H and O–H groups in total. The number of hydrogen-bond donors (Lipinski definition) is 0. The first kappa shape index (κ1) is 16.4. The van der Waals surface area contributed by atoms with E-state index in [9.17, 15) is 20.2 Å². The highest BCUT2D eigenvalue weighted by molar-refractivity contribution is 5.31. The van der Waals surface area contributed by atoms with Crippen LogP contribution in [0.15, 0.2) is 48.6 Å². The molecule has 0 heterocycles. The van der Waals surface area contributed by atoms with E-state index < -0.39 is 12.1 Å². The molecule has 4 atom stereocenters. The van der Waals surface area contributed by atoms with Crippen LogP contribution >= 0.6 is 0 Å². The van der Waals surface area contributed by atoms with E-state index in [4.69, 9.17) is 0 Å². The lowest BCUT2D eigenvalue weighted by Gasteiger charge is -2.25. The Labute approximate surface area is 140 Å². The molecule has 2 aliphatic rings. The van der Waals surface area contributed by atoms with Crippen molar-refractivity contribution in [3.63, 3.8) is 0 Å². The van der Waals surface area contributed by atoms with Crippen molar-refractivity contribution in [1.82, 2.24) is 0 Å². The highest BCUT2D eigenvalue weighted by Crippen LogP contribution is 2.35. The van der Waals surface area contributed by atoms with Crippen molar-refractivity contribution < 1.29 is 9.85 Å². The van der Waals surface area contributed by atoms with Crippen molar-refractivity contribution in [1.29, 1.82) is 0 Å². The van der Waals surface area contributed by atoms with Crippen LogP contribution in [-0.4, -0.2) is 21.9 Å². The Morgan fingerprint density at radius 2 is 1.00 bits per heavy atom. The molecule has 6 nitrogen and oxygen atoms in total. The largest absolute Gasteiger partial charge is 0.264 e. The molecule has 0 fully saturated rings. The van der Waals surface area contributed by atoms with Gasteiger partial charge in [-0.2, -0.15) is 0 Å². The number of hydrogen-bond acceptors (Lipinski definition) is 4. The molecule has 0 radical (unpaired) electrons. The lowest BCUT2D eigenvalue weighted by atomic mass is 9.80. The summed E-state index contributed by atoms with van der Waals surface area (Å²) in [6.45, 7) is 0. The van der Waals surface area contributed by atoms with E-state index in [0.29, 0.717) is 25.7 Å². The fourth-order valence-corrected chi connectivity index (χ4v) is 3.77. The summed E-state index contributed by atoms with van der Waals surface area (Å²) in [6, 6.07) is 6.45. The molecule has 0 saturated carbocycles. The minimum absolute atomic E-state index is 0.128. The number of benzene rings is 1. The molecule has 126 valence electrons. The second-order valence-electron chi connectivity index (χ2n) is 6.47.